The van der Waals surface area contributed by atoms with E-state index in [4.69, 9.17) is 19.9 Å². The minimum Gasteiger partial charge on any atom is -0.497 e. The van der Waals surface area contributed by atoms with E-state index in [1.54, 1.807) is 51.3 Å². The van der Waals surface area contributed by atoms with Gasteiger partial charge in [0.05, 0.1) is 26.9 Å². The second kappa shape index (κ2) is 15.0. The zero-order chi connectivity index (χ0) is 26.5. The van der Waals surface area contributed by atoms with Crippen LogP contribution in [-0.4, -0.2) is 62.6 Å². The number of ether oxygens (including phenoxy) is 3. The van der Waals surface area contributed by atoms with E-state index in [1.165, 1.54) is 0 Å². The Morgan fingerprint density at radius 3 is 2.40 bits per heavy atom. The highest BCUT2D eigenvalue weighted by atomic mass is 16.5. The molecule has 0 aliphatic carbocycles. The number of esters is 1. The molecular weight excluding hydrogens is 450 g/mol. The number of nitrogens with two attached hydrogens (primary N) is 1. The molecule has 35 heavy (non-hydrogen) atoms. The fourth-order valence-electron chi connectivity index (χ4n) is 3.76. The lowest BCUT2D eigenvalue weighted by atomic mass is 9.94. The van der Waals surface area contributed by atoms with Gasteiger partial charge in [0.1, 0.15) is 17.5 Å². The summed E-state index contributed by atoms with van der Waals surface area (Å²) in [4.78, 5) is 40.2. The van der Waals surface area contributed by atoms with Crippen LogP contribution in [0.3, 0.4) is 0 Å². The molecule has 2 unspecified atom stereocenters. The lowest BCUT2D eigenvalue weighted by molar-refractivity contribution is -0.148. The normalized spacial score (nSPS) is 13.4. The van der Waals surface area contributed by atoms with Crippen molar-refractivity contribution in [2.45, 2.75) is 58.7 Å². The van der Waals surface area contributed by atoms with Crippen LogP contribution in [0.2, 0.25) is 0 Å². The van der Waals surface area contributed by atoms with Crippen LogP contribution < -0.4 is 20.5 Å². The first-order valence-electron chi connectivity index (χ1n) is 11.9. The average molecular weight is 492 g/mol. The van der Waals surface area contributed by atoms with Gasteiger partial charge in [-0.05, 0) is 44.2 Å². The lowest BCUT2D eigenvalue weighted by Crippen LogP contribution is -2.50. The van der Waals surface area contributed by atoms with E-state index in [9.17, 15) is 14.4 Å². The van der Waals surface area contributed by atoms with Gasteiger partial charge in [-0.25, -0.2) is 4.79 Å². The molecule has 3 N–H and O–H groups in total. The van der Waals surface area contributed by atoms with Gasteiger partial charge >= 0.3 is 5.97 Å². The third kappa shape index (κ3) is 9.60. The van der Waals surface area contributed by atoms with Crippen molar-refractivity contribution < 1.29 is 28.6 Å². The summed E-state index contributed by atoms with van der Waals surface area (Å²) >= 11 is 0. The minimum absolute atomic E-state index is 0.0634. The van der Waals surface area contributed by atoms with Gasteiger partial charge in [-0.2, -0.15) is 0 Å². The SMILES string of the molecule is C=CCC(C[C@H](NC(=O)C(N)CC(C)C)C(=O)OCC)C(=O)N(C)Cc1ccc(OC)cc1OC. The highest BCUT2D eigenvalue weighted by Crippen LogP contribution is 2.26. The number of rotatable bonds is 15. The third-order valence-corrected chi connectivity index (χ3v) is 5.55. The van der Waals surface area contributed by atoms with Crippen molar-refractivity contribution >= 4 is 17.8 Å². The van der Waals surface area contributed by atoms with Crippen molar-refractivity contribution in [2.24, 2.45) is 17.6 Å². The third-order valence-electron chi connectivity index (χ3n) is 5.55. The van der Waals surface area contributed by atoms with Gasteiger partial charge in [-0.3, -0.25) is 9.59 Å². The monoisotopic (exact) mass is 491 g/mol. The van der Waals surface area contributed by atoms with Crippen molar-refractivity contribution in [2.75, 3.05) is 27.9 Å². The Hall–Kier alpha value is -3.07. The van der Waals surface area contributed by atoms with Crippen LogP contribution >= 0.6 is 0 Å². The van der Waals surface area contributed by atoms with E-state index >= 15 is 0 Å². The van der Waals surface area contributed by atoms with Crippen LogP contribution in [0.5, 0.6) is 11.5 Å². The van der Waals surface area contributed by atoms with Crippen LogP contribution in [0, 0.1) is 11.8 Å². The average Bonchev–Trinajstić information content (AvgIpc) is 2.82. The summed E-state index contributed by atoms with van der Waals surface area (Å²) in [6.07, 6.45) is 2.49. The number of nitrogens with one attached hydrogen (secondary N) is 1. The van der Waals surface area contributed by atoms with Gasteiger partial charge in [-0.1, -0.05) is 19.9 Å². The van der Waals surface area contributed by atoms with Crippen LogP contribution in [0.4, 0.5) is 0 Å². The minimum atomic E-state index is -1.00. The van der Waals surface area contributed by atoms with Crippen molar-refractivity contribution in [1.82, 2.24) is 10.2 Å². The molecule has 0 aliphatic heterocycles. The van der Waals surface area contributed by atoms with Gasteiger partial charge in [0.15, 0.2) is 0 Å². The first-order valence-corrected chi connectivity index (χ1v) is 11.9. The Balaban J connectivity index is 3.05. The van der Waals surface area contributed by atoms with E-state index in [-0.39, 0.29) is 31.4 Å². The number of benzene rings is 1. The number of hydrogen-bond acceptors (Lipinski definition) is 7. The molecule has 2 amide bonds. The predicted octanol–water partition coefficient (Wildman–Crippen LogP) is 2.67. The molecule has 1 aromatic carbocycles. The molecular formula is C26H41N3O6. The Bertz CT molecular complexity index is 857. The highest BCUT2D eigenvalue weighted by Gasteiger charge is 2.32. The van der Waals surface area contributed by atoms with Crippen molar-refractivity contribution in [1.29, 1.82) is 0 Å². The van der Waals surface area contributed by atoms with Crippen molar-refractivity contribution in [3.05, 3.63) is 36.4 Å². The molecule has 0 bridgehead atoms. The van der Waals surface area contributed by atoms with Gasteiger partial charge in [0.2, 0.25) is 11.8 Å². The van der Waals surface area contributed by atoms with Crippen LogP contribution in [0.25, 0.3) is 0 Å². The van der Waals surface area contributed by atoms with E-state index in [0.29, 0.717) is 24.3 Å². The number of allylic oxidation sites excluding steroid dienone is 1. The van der Waals surface area contributed by atoms with E-state index < -0.39 is 29.9 Å². The summed E-state index contributed by atoms with van der Waals surface area (Å²) in [5.74, 6) is -0.379. The fraction of sp³-hybridized carbons (Fsp3) is 0.577. The second-order valence-electron chi connectivity index (χ2n) is 8.88. The van der Waals surface area contributed by atoms with Gasteiger partial charge in [0.25, 0.3) is 0 Å². The maximum absolute atomic E-state index is 13.4. The molecule has 3 atom stereocenters. The molecule has 0 aliphatic rings. The molecule has 0 radical (unpaired) electrons. The molecule has 9 nitrogen and oxygen atoms in total. The predicted molar refractivity (Wildman–Crippen MR) is 135 cm³/mol. The van der Waals surface area contributed by atoms with Crippen molar-refractivity contribution in [3.63, 3.8) is 0 Å². The molecule has 0 saturated carbocycles. The Morgan fingerprint density at radius 1 is 1.17 bits per heavy atom. The first kappa shape index (κ1) is 30.0. The number of carbonyl (C=O) groups is 3. The molecule has 9 heteroatoms. The van der Waals surface area contributed by atoms with E-state index in [1.807, 2.05) is 19.9 Å². The Labute approximate surface area is 209 Å². The first-order chi connectivity index (χ1) is 16.6. The number of carbonyl (C=O) groups excluding carboxylic acids is 3. The van der Waals surface area contributed by atoms with Gasteiger partial charge < -0.3 is 30.2 Å². The topological polar surface area (TPSA) is 120 Å². The highest BCUT2D eigenvalue weighted by molar-refractivity contribution is 5.88. The molecule has 0 saturated heterocycles. The molecule has 0 spiro atoms. The standard InChI is InChI=1S/C26H41N3O6/c1-8-10-18(14-22(26(32)35-9-2)28-24(30)21(27)13-17(3)4)25(31)29(5)16-19-11-12-20(33-6)15-23(19)34-7/h8,11-12,15,17-18,21-22H,1,9-10,13-14,16,27H2,2-7H3,(H,28,30)/t18?,21?,22-/m0/s1. The smallest absolute Gasteiger partial charge is 0.328 e. The quantitative estimate of drug-likeness (QED) is 0.286. The fourth-order valence-corrected chi connectivity index (χ4v) is 3.76. The lowest BCUT2D eigenvalue weighted by Gasteiger charge is -2.27. The Kier molecular flexibility index (Phi) is 12.9. The maximum Gasteiger partial charge on any atom is 0.328 e. The number of amides is 2. The summed E-state index contributed by atoms with van der Waals surface area (Å²) < 4.78 is 15.8. The molecule has 196 valence electrons. The van der Waals surface area contributed by atoms with Crippen LogP contribution in [0.15, 0.2) is 30.9 Å². The van der Waals surface area contributed by atoms with Crippen LogP contribution in [-0.2, 0) is 25.7 Å². The summed E-state index contributed by atoms with van der Waals surface area (Å²) in [5, 5.41) is 2.69. The molecule has 1 aromatic rings. The second-order valence-corrected chi connectivity index (χ2v) is 8.88. The molecule has 0 aromatic heterocycles. The number of nitrogens with zero attached hydrogens (tertiary/aromatic N) is 1. The summed E-state index contributed by atoms with van der Waals surface area (Å²) in [7, 11) is 4.80. The van der Waals surface area contributed by atoms with Gasteiger partial charge in [-0.15, -0.1) is 6.58 Å². The number of methoxy groups -OCH3 is 2. The zero-order valence-electron chi connectivity index (χ0n) is 21.8. The number of hydrogen-bond donors (Lipinski definition) is 2. The molecule has 0 heterocycles. The zero-order valence-corrected chi connectivity index (χ0v) is 21.8. The van der Waals surface area contributed by atoms with Gasteiger partial charge in [0, 0.05) is 31.1 Å². The Morgan fingerprint density at radius 2 is 1.86 bits per heavy atom. The summed E-state index contributed by atoms with van der Waals surface area (Å²) in [6, 6.07) is 3.62. The van der Waals surface area contributed by atoms with Crippen LogP contribution in [0.1, 0.15) is 45.6 Å². The molecule has 0 fully saturated rings. The maximum atomic E-state index is 13.4. The molecule has 1 rings (SSSR count). The summed E-state index contributed by atoms with van der Waals surface area (Å²) in [5.41, 5.74) is 6.80. The largest absolute Gasteiger partial charge is 0.497 e. The van der Waals surface area contributed by atoms with E-state index in [0.717, 1.165) is 5.56 Å². The van der Waals surface area contributed by atoms with E-state index in [2.05, 4.69) is 11.9 Å². The van der Waals surface area contributed by atoms with Crippen molar-refractivity contribution in [3.8, 4) is 11.5 Å². The summed E-state index contributed by atoms with van der Waals surface area (Å²) in [6.45, 7) is 9.80.